The summed E-state index contributed by atoms with van der Waals surface area (Å²) < 4.78 is 7.45. The van der Waals surface area contributed by atoms with Gasteiger partial charge in [0.2, 0.25) is 0 Å². The minimum Gasteiger partial charge on any atom is -0.380 e. The molecule has 3 heterocycles. The second-order valence-corrected chi connectivity index (χ2v) is 9.57. The van der Waals surface area contributed by atoms with Gasteiger partial charge >= 0.3 is 6.03 Å². The van der Waals surface area contributed by atoms with Crippen LogP contribution in [0.25, 0.3) is 10.9 Å². The van der Waals surface area contributed by atoms with Crippen molar-refractivity contribution in [2.75, 3.05) is 29.0 Å². The molecule has 0 spiro atoms. The Morgan fingerprint density at radius 2 is 1.82 bits per heavy atom. The number of amides is 3. The van der Waals surface area contributed by atoms with Crippen molar-refractivity contribution < 1.29 is 14.3 Å². The Kier molecular flexibility index (Phi) is 7.23. The molecule has 1 fully saturated rings. The maximum atomic E-state index is 13.1. The number of nitrogens with zero attached hydrogens (tertiary/aromatic N) is 4. The lowest BCUT2D eigenvalue weighted by Crippen LogP contribution is -2.49. The molecule has 2 aromatic carbocycles. The van der Waals surface area contributed by atoms with E-state index in [2.05, 4.69) is 26.0 Å². The zero-order chi connectivity index (χ0) is 26.6. The SMILES string of the molecule is CC1CN(C(=O)Nc2cc(CNc3ccccc3C(=O)Nc3ccc4cn(C)nc4c3)ccn2)CC(C)O1. The van der Waals surface area contributed by atoms with Gasteiger partial charge in [-0.1, -0.05) is 12.1 Å². The first kappa shape index (κ1) is 25.2. The van der Waals surface area contributed by atoms with Crippen LogP contribution >= 0.6 is 0 Å². The standard InChI is InChI=1S/C28H31N7O3/c1-18-15-35(16-19(2)38-18)28(37)32-26-12-20(10-11-29-26)14-30-24-7-5-4-6-23(24)27(36)31-22-9-8-21-17-34(3)33-25(21)13-22/h4-13,17-19,30H,14-16H2,1-3H3,(H,31,36)(H,29,32,37). The Morgan fingerprint density at radius 1 is 1.03 bits per heavy atom. The fourth-order valence-corrected chi connectivity index (χ4v) is 4.63. The van der Waals surface area contributed by atoms with Crippen LogP contribution in [0.2, 0.25) is 0 Å². The van der Waals surface area contributed by atoms with Crippen molar-refractivity contribution in [3.05, 3.63) is 78.1 Å². The Hall–Kier alpha value is -4.44. The third kappa shape index (κ3) is 5.92. The van der Waals surface area contributed by atoms with E-state index in [0.717, 1.165) is 16.5 Å². The number of para-hydroxylation sites is 1. The third-order valence-electron chi connectivity index (χ3n) is 6.30. The van der Waals surface area contributed by atoms with Crippen molar-refractivity contribution >= 4 is 40.0 Å². The number of morpholine rings is 1. The smallest absolute Gasteiger partial charge is 0.323 e. The lowest BCUT2D eigenvalue weighted by atomic mass is 10.1. The minimum atomic E-state index is -0.222. The van der Waals surface area contributed by atoms with Gasteiger partial charge in [-0.2, -0.15) is 5.10 Å². The van der Waals surface area contributed by atoms with E-state index in [-0.39, 0.29) is 24.1 Å². The summed E-state index contributed by atoms with van der Waals surface area (Å²) in [5, 5.41) is 14.6. The molecule has 3 amide bonds. The molecule has 196 valence electrons. The maximum Gasteiger partial charge on any atom is 0.323 e. The van der Waals surface area contributed by atoms with Crippen LogP contribution < -0.4 is 16.0 Å². The van der Waals surface area contributed by atoms with Crippen molar-refractivity contribution in [3.8, 4) is 0 Å². The van der Waals surface area contributed by atoms with E-state index in [1.165, 1.54) is 0 Å². The van der Waals surface area contributed by atoms with Crippen molar-refractivity contribution in [2.45, 2.75) is 32.6 Å². The molecule has 3 N–H and O–H groups in total. The van der Waals surface area contributed by atoms with Crippen LogP contribution in [0, 0.1) is 0 Å². The number of aromatic nitrogens is 3. The van der Waals surface area contributed by atoms with Gasteiger partial charge in [-0.15, -0.1) is 0 Å². The Morgan fingerprint density at radius 3 is 2.63 bits per heavy atom. The fourth-order valence-electron chi connectivity index (χ4n) is 4.63. The molecule has 38 heavy (non-hydrogen) atoms. The fraction of sp³-hybridized carbons (Fsp3) is 0.286. The molecule has 2 unspecified atom stereocenters. The molecule has 0 radical (unpaired) electrons. The molecule has 1 aliphatic rings. The van der Waals surface area contributed by atoms with Crippen LogP contribution in [0.4, 0.5) is 22.0 Å². The van der Waals surface area contributed by atoms with E-state index in [1.807, 2.05) is 75.6 Å². The van der Waals surface area contributed by atoms with Crippen molar-refractivity contribution in [1.82, 2.24) is 19.7 Å². The molecule has 0 bridgehead atoms. The molecule has 2 atom stereocenters. The number of hydrogen-bond donors (Lipinski definition) is 3. The van der Waals surface area contributed by atoms with Gasteiger partial charge in [0.05, 0.1) is 23.3 Å². The molecule has 5 rings (SSSR count). The Bertz CT molecular complexity index is 1460. The summed E-state index contributed by atoms with van der Waals surface area (Å²) in [5.41, 5.74) is 3.62. The van der Waals surface area contributed by atoms with E-state index in [4.69, 9.17) is 4.74 Å². The highest BCUT2D eigenvalue weighted by molar-refractivity contribution is 6.08. The van der Waals surface area contributed by atoms with Gasteiger partial charge in [0.15, 0.2) is 0 Å². The summed E-state index contributed by atoms with van der Waals surface area (Å²) in [6, 6.07) is 16.5. The number of aryl methyl sites for hydroxylation is 1. The summed E-state index contributed by atoms with van der Waals surface area (Å²) in [7, 11) is 1.87. The van der Waals surface area contributed by atoms with E-state index in [1.54, 1.807) is 21.8 Å². The molecule has 10 heteroatoms. The number of benzene rings is 2. The van der Waals surface area contributed by atoms with Crippen molar-refractivity contribution in [1.29, 1.82) is 0 Å². The number of carbonyl (C=O) groups excluding carboxylic acids is 2. The zero-order valence-corrected chi connectivity index (χ0v) is 21.6. The molecule has 0 aliphatic carbocycles. The van der Waals surface area contributed by atoms with Crippen LogP contribution in [0.1, 0.15) is 29.8 Å². The number of fused-ring (bicyclic) bond motifs is 1. The summed E-state index contributed by atoms with van der Waals surface area (Å²) in [4.78, 5) is 31.9. The normalized spacial score (nSPS) is 17.3. The Labute approximate surface area is 221 Å². The van der Waals surface area contributed by atoms with Crippen LogP contribution in [-0.2, 0) is 18.3 Å². The highest BCUT2D eigenvalue weighted by atomic mass is 16.5. The van der Waals surface area contributed by atoms with Crippen molar-refractivity contribution in [3.63, 3.8) is 0 Å². The number of ether oxygens (including phenoxy) is 1. The van der Waals surface area contributed by atoms with Crippen molar-refractivity contribution in [2.24, 2.45) is 7.05 Å². The molecule has 2 aromatic heterocycles. The molecule has 1 aliphatic heterocycles. The number of hydrogen-bond acceptors (Lipinski definition) is 6. The molecular weight excluding hydrogens is 482 g/mol. The highest BCUT2D eigenvalue weighted by Crippen LogP contribution is 2.22. The first-order valence-electron chi connectivity index (χ1n) is 12.6. The minimum absolute atomic E-state index is 0.0110. The topological polar surface area (TPSA) is 113 Å². The van der Waals surface area contributed by atoms with E-state index >= 15 is 0 Å². The van der Waals surface area contributed by atoms with Gasteiger partial charge in [-0.3, -0.25) is 14.8 Å². The van der Waals surface area contributed by atoms with E-state index in [0.29, 0.717) is 42.4 Å². The first-order valence-corrected chi connectivity index (χ1v) is 12.6. The summed E-state index contributed by atoms with van der Waals surface area (Å²) in [6.07, 6.45) is 3.56. The number of rotatable bonds is 6. The monoisotopic (exact) mass is 513 g/mol. The van der Waals surface area contributed by atoms with Gasteiger partial charge in [-0.25, -0.2) is 9.78 Å². The highest BCUT2D eigenvalue weighted by Gasteiger charge is 2.26. The largest absolute Gasteiger partial charge is 0.380 e. The van der Waals surface area contributed by atoms with E-state index in [9.17, 15) is 9.59 Å². The van der Waals surface area contributed by atoms with Gasteiger partial charge in [0.1, 0.15) is 5.82 Å². The predicted molar refractivity (Wildman–Crippen MR) is 147 cm³/mol. The van der Waals surface area contributed by atoms with Gasteiger partial charge in [0.25, 0.3) is 5.91 Å². The second-order valence-electron chi connectivity index (χ2n) is 9.57. The van der Waals surface area contributed by atoms with Crippen LogP contribution in [0.5, 0.6) is 0 Å². The third-order valence-corrected chi connectivity index (χ3v) is 6.30. The lowest BCUT2D eigenvalue weighted by molar-refractivity contribution is -0.0530. The summed E-state index contributed by atoms with van der Waals surface area (Å²) in [5.74, 6) is 0.247. The molecule has 10 nitrogen and oxygen atoms in total. The molecule has 0 saturated carbocycles. The van der Waals surface area contributed by atoms with Crippen LogP contribution in [0.15, 0.2) is 67.0 Å². The van der Waals surface area contributed by atoms with Crippen LogP contribution in [-0.4, -0.2) is 56.9 Å². The van der Waals surface area contributed by atoms with Crippen LogP contribution in [0.3, 0.4) is 0 Å². The zero-order valence-electron chi connectivity index (χ0n) is 21.6. The number of nitrogens with one attached hydrogen (secondary N) is 3. The van der Waals surface area contributed by atoms with E-state index < -0.39 is 0 Å². The average molecular weight is 514 g/mol. The lowest BCUT2D eigenvalue weighted by Gasteiger charge is -2.35. The second kappa shape index (κ2) is 10.9. The molecule has 1 saturated heterocycles. The first-order chi connectivity index (χ1) is 18.3. The van der Waals surface area contributed by atoms with Gasteiger partial charge in [-0.05, 0) is 61.9 Å². The number of carbonyl (C=O) groups is 2. The maximum absolute atomic E-state index is 13.1. The average Bonchev–Trinajstić information content (AvgIpc) is 3.26. The van der Waals surface area contributed by atoms with Gasteiger partial charge < -0.3 is 20.3 Å². The molecular formula is C28H31N7O3. The molecule has 4 aromatic rings. The van der Waals surface area contributed by atoms with Gasteiger partial charge in [0, 0.05) is 55.8 Å². The quantitative estimate of drug-likeness (QED) is 0.351. The summed E-state index contributed by atoms with van der Waals surface area (Å²) in [6.45, 7) is 5.42. The predicted octanol–water partition coefficient (Wildman–Crippen LogP) is 4.47. The summed E-state index contributed by atoms with van der Waals surface area (Å²) >= 11 is 0. The number of urea groups is 1. The number of pyridine rings is 1. The Balaban J connectivity index is 1.23. The number of anilines is 3.